The van der Waals surface area contributed by atoms with Crippen LogP contribution in [0.4, 0.5) is 18.9 Å². The molecule has 1 heterocycles. The van der Waals surface area contributed by atoms with Crippen molar-refractivity contribution in [3.8, 4) is 11.5 Å². The van der Waals surface area contributed by atoms with Crippen molar-refractivity contribution in [1.82, 2.24) is 0 Å². The van der Waals surface area contributed by atoms with Crippen molar-refractivity contribution < 1.29 is 37.3 Å². The first-order valence-electron chi connectivity index (χ1n) is 10.5. The van der Waals surface area contributed by atoms with Crippen LogP contribution in [-0.4, -0.2) is 31.0 Å². The Labute approximate surface area is 209 Å². The molecule has 0 saturated carbocycles. The predicted molar refractivity (Wildman–Crippen MR) is 127 cm³/mol. The second-order valence-corrected chi connectivity index (χ2v) is 8.27. The topological polar surface area (TPSA) is 76.1 Å². The fourth-order valence-electron chi connectivity index (χ4n) is 4.03. The lowest BCUT2D eigenvalue weighted by molar-refractivity contribution is -0.137. The maximum Gasteiger partial charge on any atom is 0.416 e. The van der Waals surface area contributed by atoms with Gasteiger partial charge in [0.2, 0.25) is 0 Å². The van der Waals surface area contributed by atoms with Gasteiger partial charge in [0.15, 0.2) is 0 Å². The number of carbonyl (C=O) groups is 2. The third-order valence-corrected chi connectivity index (χ3v) is 6.00. The number of Topliss-reactive ketones (excluding diaryl/α,β-unsaturated/α-hetero) is 1. The molecule has 10 heteroatoms. The first-order chi connectivity index (χ1) is 17.1. The van der Waals surface area contributed by atoms with E-state index in [2.05, 4.69) is 0 Å². The molecule has 1 atom stereocenters. The highest BCUT2D eigenvalue weighted by Gasteiger charge is 2.48. The number of benzene rings is 3. The Balaban J connectivity index is 2.00. The van der Waals surface area contributed by atoms with Gasteiger partial charge in [-0.25, -0.2) is 0 Å². The van der Waals surface area contributed by atoms with Gasteiger partial charge in [0.25, 0.3) is 11.7 Å². The maximum absolute atomic E-state index is 13.4. The molecule has 0 aromatic heterocycles. The number of ether oxygens (including phenoxy) is 2. The quantitative estimate of drug-likeness (QED) is 0.255. The molecule has 1 amide bonds. The monoisotopic (exact) mass is 517 g/mol. The second-order valence-electron chi connectivity index (χ2n) is 7.83. The molecule has 0 bridgehead atoms. The number of ketones is 1. The average molecular weight is 518 g/mol. The van der Waals surface area contributed by atoms with Crippen molar-refractivity contribution in [2.75, 3.05) is 19.1 Å². The molecule has 36 heavy (non-hydrogen) atoms. The van der Waals surface area contributed by atoms with Crippen LogP contribution < -0.4 is 14.4 Å². The molecule has 0 unspecified atom stereocenters. The van der Waals surface area contributed by atoms with E-state index in [-0.39, 0.29) is 28.1 Å². The number of anilines is 1. The van der Waals surface area contributed by atoms with Crippen LogP contribution in [0, 0.1) is 0 Å². The van der Waals surface area contributed by atoms with Crippen molar-refractivity contribution >= 4 is 34.7 Å². The van der Waals surface area contributed by atoms with Gasteiger partial charge < -0.3 is 14.6 Å². The van der Waals surface area contributed by atoms with Crippen LogP contribution in [0.3, 0.4) is 0 Å². The van der Waals surface area contributed by atoms with Crippen molar-refractivity contribution in [2.45, 2.75) is 12.2 Å². The van der Waals surface area contributed by atoms with E-state index in [9.17, 15) is 27.9 Å². The summed E-state index contributed by atoms with van der Waals surface area (Å²) >= 11 is 5.93. The Morgan fingerprint density at radius 1 is 0.972 bits per heavy atom. The Hall–Kier alpha value is -3.98. The fraction of sp³-hybridized carbons (Fsp3) is 0.154. The number of rotatable bonds is 5. The van der Waals surface area contributed by atoms with Crippen molar-refractivity contribution in [1.29, 1.82) is 0 Å². The maximum atomic E-state index is 13.4. The zero-order valence-electron chi connectivity index (χ0n) is 19.0. The normalized spacial score (nSPS) is 17.4. The number of aliphatic hydroxyl groups is 1. The number of methoxy groups -OCH3 is 2. The lowest BCUT2D eigenvalue weighted by Crippen LogP contribution is -2.30. The molecule has 1 N–H and O–H groups in total. The highest BCUT2D eigenvalue weighted by Crippen LogP contribution is 2.46. The molecule has 1 saturated heterocycles. The van der Waals surface area contributed by atoms with Crippen LogP contribution in [0.15, 0.2) is 72.3 Å². The van der Waals surface area contributed by atoms with Gasteiger partial charge in [0, 0.05) is 27.9 Å². The predicted octanol–water partition coefficient (Wildman–Crippen LogP) is 6.00. The minimum absolute atomic E-state index is 0.176. The van der Waals surface area contributed by atoms with E-state index in [0.29, 0.717) is 10.8 Å². The van der Waals surface area contributed by atoms with Gasteiger partial charge in [0.05, 0.1) is 31.4 Å². The Kier molecular flexibility index (Phi) is 6.69. The molecule has 0 spiro atoms. The lowest BCUT2D eigenvalue weighted by Gasteiger charge is -2.27. The van der Waals surface area contributed by atoms with Crippen LogP contribution >= 0.6 is 11.6 Å². The van der Waals surface area contributed by atoms with E-state index in [1.165, 1.54) is 56.7 Å². The number of nitrogens with zero attached hydrogens (tertiary/aromatic N) is 1. The summed E-state index contributed by atoms with van der Waals surface area (Å²) in [6, 6.07) is 13.2. The third-order valence-electron chi connectivity index (χ3n) is 5.75. The highest BCUT2D eigenvalue weighted by atomic mass is 35.5. The Morgan fingerprint density at radius 2 is 1.67 bits per heavy atom. The van der Waals surface area contributed by atoms with Crippen LogP contribution in [0.5, 0.6) is 11.5 Å². The lowest BCUT2D eigenvalue weighted by atomic mass is 9.94. The highest BCUT2D eigenvalue weighted by molar-refractivity contribution is 6.51. The standard InChI is InChI=1S/C26H19ClF3NO5/c1-35-18-10-11-19(20(13-18)36-2)22-21(23(32)14-6-8-16(27)9-7-14)24(33)25(34)31(22)17-5-3-4-15(12-17)26(28,29)30/h3-13,22,32H,1-2H3/t22-/m1/s1. The molecule has 6 nitrogen and oxygen atoms in total. The van der Waals surface area contributed by atoms with Gasteiger partial charge in [-0.2, -0.15) is 13.2 Å². The van der Waals surface area contributed by atoms with Crippen molar-refractivity contribution in [3.63, 3.8) is 0 Å². The van der Waals surface area contributed by atoms with Gasteiger partial charge in [-0.1, -0.05) is 17.7 Å². The summed E-state index contributed by atoms with van der Waals surface area (Å²) in [7, 11) is 2.79. The minimum atomic E-state index is -4.68. The van der Waals surface area contributed by atoms with Crippen LogP contribution in [-0.2, 0) is 15.8 Å². The van der Waals surface area contributed by atoms with E-state index >= 15 is 0 Å². The van der Waals surface area contributed by atoms with E-state index < -0.39 is 35.2 Å². The molecule has 0 radical (unpaired) electrons. The van der Waals surface area contributed by atoms with E-state index in [0.717, 1.165) is 23.1 Å². The summed E-state index contributed by atoms with van der Waals surface area (Å²) in [5, 5.41) is 11.5. The molecular formula is C26H19ClF3NO5. The van der Waals surface area contributed by atoms with Crippen molar-refractivity contribution in [2.24, 2.45) is 0 Å². The minimum Gasteiger partial charge on any atom is -0.507 e. The molecule has 3 aromatic carbocycles. The van der Waals surface area contributed by atoms with Crippen LogP contribution in [0.25, 0.3) is 5.76 Å². The molecule has 1 aliphatic rings. The third kappa shape index (κ3) is 4.49. The molecule has 1 fully saturated rings. The molecule has 3 aromatic rings. The van der Waals surface area contributed by atoms with Gasteiger partial charge in [-0.3, -0.25) is 14.5 Å². The largest absolute Gasteiger partial charge is 0.507 e. The fourth-order valence-corrected chi connectivity index (χ4v) is 4.16. The van der Waals surface area contributed by atoms with Gasteiger partial charge in [0.1, 0.15) is 17.3 Å². The number of aliphatic hydroxyl groups excluding tert-OH is 1. The van der Waals surface area contributed by atoms with E-state index in [1.807, 2.05) is 0 Å². The molecule has 4 rings (SSSR count). The SMILES string of the molecule is COc1ccc([C@@H]2C(=C(O)c3ccc(Cl)cc3)C(=O)C(=O)N2c2cccc(C(F)(F)F)c2)c(OC)c1. The van der Waals surface area contributed by atoms with Gasteiger partial charge in [-0.05, 0) is 54.6 Å². The van der Waals surface area contributed by atoms with Crippen LogP contribution in [0.2, 0.25) is 5.02 Å². The summed E-state index contributed by atoms with van der Waals surface area (Å²) in [4.78, 5) is 27.4. The molecular weight excluding hydrogens is 499 g/mol. The van der Waals surface area contributed by atoms with Crippen LogP contribution in [0.1, 0.15) is 22.7 Å². The summed E-state index contributed by atoms with van der Waals surface area (Å²) in [5.41, 5.74) is -1.04. The zero-order chi connectivity index (χ0) is 26.2. The molecule has 1 aliphatic heterocycles. The smallest absolute Gasteiger partial charge is 0.416 e. The summed E-state index contributed by atoms with van der Waals surface area (Å²) in [6.45, 7) is 0. The number of carbonyl (C=O) groups excluding carboxylic acids is 2. The number of amides is 1. The number of halogens is 4. The van der Waals surface area contributed by atoms with Crippen molar-refractivity contribution in [3.05, 3.63) is 94.0 Å². The zero-order valence-corrected chi connectivity index (χ0v) is 19.7. The van der Waals surface area contributed by atoms with Gasteiger partial charge >= 0.3 is 6.18 Å². The first kappa shape index (κ1) is 25.1. The second kappa shape index (κ2) is 9.58. The average Bonchev–Trinajstić information content (AvgIpc) is 3.13. The van der Waals surface area contributed by atoms with E-state index in [4.69, 9.17) is 21.1 Å². The number of hydrogen-bond acceptors (Lipinski definition) is 5. The summed E-state index contributed by atoms with van der Waals surface area (Å²) in [5.74, 6) is -2.08. The molecule has 186 valence electrons. The Morgan fingerprint density at radius 3 is 2.28 bits per heavy atom. The Bertz CT molecular complexity index is 1370. The van der Waals surface area contributed by atoms with Gasteiger partial charge in [-0.15, -0.1) is 0 Å². The number of hydrogen-bond donors (Lipinski definition) is 1. The molecule has 0 aliphatic carbocycles. The number of alkyl halides is 3. The van der Waals surface area contributed by atoms with E-state index in [1.54, 1.807) is 6.07 Å². The first-order valence-corrected chi connectivity index (χ1v) is 10.9. The summed E-state index contributed by atoms with van der Waals surface area (Å²) in [6.07, 6.45) is -4.68. The summed E-state index contributed by atoms with van der Waals surface area (Å²) < 4.78 is 51.0.